The van der Waals surface area contributed by atoms with E-state index in [1.807, 2.05) is 4.90 Å². The number of hydrogen-bond acceptors (Lipinski definition) is 5. The van der Waals surface area contributed by atoms with Crippen LogP contribution in [0.5, 0.6) is 5.75 Å². The van der Waals surface area contributed by atoms with Gasteiger partial charge in [-0.1, -0.05) is 18.2 Å². The zero-order valence-corrected chi connectivity index (χ0v) is 16.3. The van der Waals surface area contributed by atoms with E-state index in [1.54, 1.807) is 30.3 Å². The van der Waals surface area contributed by atoms with Crippen LogP contribution in [0, 0.1) is 0 Å². The third kappa shape index (κ3) is 5.72. The minimum Gasteiger partial charge on any atom is -0.435 e. The molecule has 0 aliphatic carbocycles. The number of ether oxygens (including phenoxy) is 1. The fourth-order valence-corrected chi connectivity index (χ4v) is 4.44. The van der Waals surface area contributed by atoms with E-state index >= 15 is 0 Å². The Morgan fingerprint density at radius 1 is 1.00 bits per heavy atom. The Morgan fingerprint density at radius 2 is 1.62 bits per heavy atom. The number of rotatable bonds is 7. The van der Waals surface area contributed by atoms with Gasteiger partial charge in [-0.25, -0.2) is 8.42 Å². The Bertz CT molecular complexity index is 916. The van der Waals surface area contributed by atoms with E-state index in [-0.39, 0.29) is 23.1 Å². The molecule has 10 heteroatoms. The van der Waals surface area contributed by atoms with Crippen molar-refractivity contribution in [1.29, 1.82) is 0 Å². The monoisotopic (exact) mass is 425 g/mol. The van der Waals surface area contributed by atoms with E-state index in [4.69, 9.17) is 0 Å². The maximum Gasteiger partial charge on any atom is 0.387 e. The van der Waals surface area contributed by atoms with Gasteiger partial charge in [-0.15, -0.1) is 0 Å². The lowest BCUT2D eigenvalue weighted by molar-refractivity contribution is -0.117. The van der Waals surface area contributed by atoms with Crippen molar-refractivity contribution in [1.82, 2.24) is 9.21 Å². The SMILES string of the molecule is O=C(CN1CCN(S(=O)(=O)c2ccccc2)CC1)Nc1ccc(OC(F)F)cc1. The number of carbonyl (C=O) groups is 1. The lowest BCUT2D eigenvalue weighted by Crippen LogP contribution is -2.50. The van der Waals surface area contributed by atoms with Crippen LogP contribution in [0.15, 0.2) is 59.5 Å². The molecule has 1 heterocycles. The predicted molar refractivity (Wildman–Crippen MR) is 103 cm³/mol. The predicted octanol–water partition coefficient (Wildman–Crippen LogP) is 2.23. The highest BCUT2D eigenvalue weighted by Crippen LogP contribution is 2.19. The molecule has 0 bridgehead atoms. The van der Waals surface area contributed by atoms with E-state index in [0.717, 1.165) is 0 Å². The van der Waals surface area contributed by atoms with E-state index in [0.29, 0.717) is 31.9 Å². The highest BCUT2D eigenvalue weighted by Gasteiger charge is 2.28. The summed E-state index contributed by atoms with van der Waals surface area (Å²) in [7, 11) is -3.53. The Labute approximate surface area is 167 Å². The van der Waals surface area contributed by atoms with Crippen LogP contribution in [0.25, 0.3) is 0 Å². The summed E-state index contributed by atoms with van der Waals surface area (Å²) in [4.78, 5) is 14.3. The number of hydrogen-bond donors (Lipinski definition) is 1. The van der Waals surface area contributed by atoms with Crippen LogP contribution in [-0.4, -0.2) is 62.9 Å². The Morgan fingerprint density at radius 3 is 2.21 bits per heavy atom. The molecule has 1 saturated heterocycles. The van der Waals surface area contributed by atoms with Crippen molar-refractivity contribution in [3.63, 3.8) is 0 Å². The molecule has 7 nitrogen and oxygen atoms in total. The molecule has 1 N–H and O–H groups in total. The molecule has 0 aromatic heterocycles. The molecular formula is C19H21F2N3O4S. The number of halogens is 2. The van der Waals surface area contributed by atoms with Crippen LogP contribution in [0.3, 0.4) is 0 Å². The van der Waals surface area contributed by atoms with Gasteiger partial charge in [-0.3, -0.25) is 9.69 Å². The van der Waals surface area contributed by atoms with Gasteiger partial charge in [0.05, 0.1) is 11.4 Å². The van der Waals surface area contributed by atoms with Gasteiger partial charge < -0.3 is 10.1 Å². The van der Waals surface area contributed by atoms with Gasteiger partial charge in [0.2, 0.25) is 15.9 Å². The normalized spacial score (nSPS) is 16.0. The van der Waals surface area contributed by atoms with Gasteiger partial charge in [0.25, 0.3) is 0 Å². The minimum absolute atomic E-state index is 0.00810. The van der Waals surface area contributed by atoms with E-state index in [1.165, 1.54) is 28.6 Å². The number of nitrogens with one attached hydrogen (secondary N) is 1. The van der Waals surface area contributed by atoms with Crippen molar-refractivity contribution in [3.05, 3.63) is 54.6 Å². The fraction of sp³-hybridized carbons (Fsp3) is 0.316. The maximum atomic E-state index is 12.6. The number of alkyl halides is 2. The molecule has 2 aromatic carbocycles. The van der Waals surface area contributed by atoms with Gasteiger partial charge in [-0.2, -0.15) is 13.1 Å². The van der Waals surface area contributed by atoms with Crippen LogP contribution in [0.2, 0.25) is 0 Å². The molecule has 0 unspecified atom stereocenters. The number of nitrogens with zero attached hydrogens (tertiary/aromatic N) is 2. The second kappa shape index (κ2) is 9.29. The first-order valence-corrected chi connectivity index (χ1v) is 10.4. The molecule has 0 saturated carbocycles. The number of benzene rings is 2. The standard InChI is InChI=1S/C19H21F2N3O4S/c20-19(21)28-16-8-6-15(7-9-16)22-18(25)14-23-10-12-24(13-11-23)29(26,27)17-4-2-1-3-5-17/h1-9,19H,10-14H2,(H,22,25). The largest absolute Gasteiger partial charge is 0.435 e. The lowest BCUT2D eigenvalue weighted by atomic mass is 10.3. The highest BCUT2D eigenvalue weighted by molar-refractivity contribution is 7.89. The van der Waals surface area contributed by atoms with Gasteiger partial charge in [0.15, 0.2) is 0 Å². The molecule has 1 amide bonds. The number of carbonyl (C=O) groups excluding carboxylic acids is 1. The Kier molecular flexibility index (Phi) is 6.78. The summed E-state index contributed by atoms with van der Waals surface area (Å²) in [6, 6.07) is 13.9. The third-order valence-electron chi connectivity index (χ3n) is 4.44. The van der Waals surface area contributed by atoms with E-state index < -0.39 is 16.6 Å². The van der Waals surface area contributed by atoms with Gasteiger partial charge in [0.1, 0.15) is 5.75 Å². The zero-order valence-electron chi connectivity index (χ0n) is 15.5. The number of amides is 1. The van der Waals surface area contributed by atoms with E-state index in [9.17, 15) is 22.0 Å². The number of piperazine rings is 1. The smallest absolute Gasteiger partial charge is 0.387 e. The molecular weight excluding hydrogens is 404 g/mol. The summed E-state index contributed by atoms with van der Waals surface area (Å²) < 4.78 is 55.2. The molecule has 0 radical (unpaired) electrons. The summed E-state index contributed by atoms with van der Waals surface area (Å²) >= 11 is 0. The van der Waals surface area contributed by atoms with Crippen molar-refractivity contribution in [2.45, 2.75) is 11.5 Å². The fourth-order valence-electron chi connectivity index (χ4n) is 2.99. The molecule has 1 fully saturated rings. The highest BCUT2D eigenvalue weighted by atomic mass is 32.2. The third-order valence-corrected chi connectivity index (χ3v) is 6.36. The summed E-state index contributed by atoms with van der Waals surface area (Å²) in [5.41, 5.74) is 0.460. The Hall–Kier alpha value is -2.56. The second-order valence-electron chi connectivity index (χ2n) is 6.44. The van der Waals surface area contributed by atoms with Crippen molar-refractivity contribution in [3.8, 4) is 5.75 Å². The molecule has 156 valence electrons. The first-order valence-electron chi connectivity index (χ1n) is 8.97. The molecule has 0 atom stereocenters. The minimum atomic E-state index is -3.53. The first-order chi connectivity index (χ1) is 13.8. The van der Waals surface area contributed by atoms with Crippen molar-refractivity contribution in [2.75, 3.05) is 38.0 Å². The summed E-state index contributed by atoms with van der Waals surface area (Å²) in [6.07, 6.45) is 0. The summed E-state index contributed by atoms with van der Waals surface area (Å²) in [5, 5.41) is 2.68. The van der Waals surface area contributed by atoms with Crippen molar-refractivity contribution < 1.29 is 26.7 Å². The van der Waals surface area contributed by atoms with Crippen LogP contribution in [0.4, 0.5) is 14.5 Å². The van der Waals surface area contributed by atoms with Crippen LogP contribution in [-0.2, 0) is 14.8 Å². The topological polar surface area (TPSA) is 79.0 Å². The Balaban J connectivity index is 1.48. The molecule has 1 aliphatic heterocycles. The molecule has 29 heavy (non-hydrogen) atoms. The van der Waals surface area contributed by atoms with Crippen LogP contribution < -0.4 is 10.1 Å². The van der Waals surface area contributed by atoms with Gasteiger partial charge >= 0.3 is 6.61 Å². The average molecular weight is 425 g/mol. The molecule has 0 spiro atoms. The second-order valence-corrected chi connectivity index (χ2v) is 8.38. The number of sulfonamides is 1. The lowest BCUT2D eigenvalue weighted by Gasteiger charge is -2.33. The zero-order chi connectivity index (χ0) is 20.9. The van der Waals surface area contributed by atoms with Gasteiger partial charge in [-0.05, 0) is 36.4 Å². The van der Waals surface area contributed by atoms with Crippen LogP contribution >= 0.6 is 0 Å². The summed E-state index contributed by atoms with van der Waals surface area (Å²) in [6.45, 7) is -1.34. The molecule has 3 rings (SSSR count). The van der Waals surface area contributed by atoms with Gasteiger partial charge in [0, 0.05) is 31.9 Å². The quantitative estimate of drug-likeness (QED) is 0.736. The maximum absolute atomic E-state index is 12.6. The number of anilines is 1. The van der Waals surface area contributed by atoms with Crippen molar-refractivity contribution in [2.24, 2.45) is 0 Å². The average Bonchev–Trinajstić information content (AvgIpc) is 2.70. The molecule has 2 aromatic rings. The summed E-state index contributed by atoms with van der Waals surface area (Å²) in [5.74, 6) is -0.263. The first kappa shape index (κ1) is 21.2. The molecule has 1 aliphatic rings. The van der Waals surface area contributed by atoms with E-state index in [2.05, 4.69) is 10.1 Å². The van der Waals surface area contributed by atoms with Crippen LogP contribution in [0.1, 0.15) is 0 Å². The van der Waals surface area contributed by atoms with Crippen molar-refractivity contribution >= 4 is 21.6 Å².